The fourth-order valence-electron chi connectivity index (χ4n) is 4.07. The summed E-state index contributed by atoms with van der Waals surface area (Å²) in [5.74, 6) is 3.22. The lowest BCUT2D eigenvalue weighted by Crippen LogP contribution is -2.36. The highest BCUT2D eigenvalue weighted by Crippen LogP contribution is 2.35. The van der Waals surface area contributed by atoms with Gasteiger partial charge in [0, 0.05) is 23.6 Å². The highest BCUT2D eigenvalue weighted by molar-refractivity contribution is 9.10. The van der Waals surface area contributed by atoms with Crippen LogP contribution in [0.3, 0.4) is 0 Å². The first kappa shape index (κ1) is 21.0. The van der Waals surface area contributed by atoms with Gasteiger partial charge in [-0.3, -0.25) is 9.69 Å². The average molecular weight is 476 g/mol. The predicted molar refractivity (Wildman–Crippen MR) is 117 cm³/mol. The molecule has 1 fully saturated rings. The number of carbonyl (C=O) groups excluding carboxylic acids is 1. The molecule has 0 atom stereocenters. The van der Waals surface area contributed by atoms with Crippen molar-refractivity contribution in [3.63, 3.8) is 0 Å². The maximum atomic E-state index is 13.0. The van der Waals surface area contributed by atoms with Gasteiger partial charge in [0.25, 0.3) is 0 Å². The van der Waals surface area contributed by atoms with Crippen LogP contribution in [0.15, 0.2) is 34.8 Å². The summed E-state index contributed by atoms with van der Waals surface area (Å²) in [6.07, 6.45) is 1.67. The standard InChI is InChI=1S/C23H26BrNO5/c1-27-20-13-18(24)21(28-2)12-17(20)14-25-7-5-15(6-8-25)23(26)16-3-4-19-22(11-16)30-10-9-29-19/h3-4,11-13,15H,5-10,14H2,1-2H3. The topological polar surface area (TPSA) is 57.2 Å². The van der Waals surface area contributed by atoms with E-state index in [1.54, 1.807) is 14.2 Å². The van der Waals surface area contributed by atoms with Crippen molar-refractivity contribution in [3.8, 4) is 23.0 Å². The Balaban J connectivity index is 1.39. The second kappa shape index (κ2) is 9.27. The molecule has 2 aromatic rings. The number of hydrogen-bond donors (Lipinski definition) is 0. The molecule has 7 heteroatoms. The number of piperidine rings is 1. The monoisotopic (exact) mass is 475 g/mol. The van der Waals surface area contributed by atoms with Gasteiger partial charge in [0.2, 0.25) is 0 Å². The van der Waals surface area contributed by atoms with Gasteiger partial charge in [-0.25, -0.2) is 0 Å². The minimum atomic E-state index is 0.0326. The molecule has 4 rings (SSSR count). The molecule has 0 radical (unpaired) electrons. The predicted octanol–water partition coefficient (Wildman–Crippen LogP) is 4.33. The summed E-state index contributed by atoms with van der Waals surface area (Å²) in [6.45, 7) is 3.56. The molecule has 2 aromatic carbocycles. The van der Waals surface area contributed by atoms with Gasteiger partial charge in [0.1, 0.15) is 24.7 Å². The van der Waals surface area contributed by atoms with Crippen LogP contribution >= 0.6 is 15.9 Å². The molecule has 0 amide bonds. The van der Waals surface area contributed by atoms with Crippen molar-refractivity contribution in [2.24, 2.45) is 5.92 Å². The van der Waals surface area contributed by atoms with Crippen molar-refractivity contribution in [1.29, 1.82) is 0 Å². The summed E-state index contributed by atoms with van der Waals surface area (Å²) >= 11 is 3.50. The number of ether oxygens (including phenoxy) is 4. The summed E-state index contributed by atoms with van der Waals surface area (Å²) in [5.41, 5.74) is 1.78. The fourth-order valence-corrected chi connectivity index (χ4v) is 4.56. The van der Waals surface area contributed by atoms with E-state index in [1.807, 2.05) is 30.3 Å². The van der Waals surface area contributed by atoms with E-state index in [0.29, 0.717) is 30.3 Å². The molecule has 0 N–H and O–H groups in total. The van der Waals surface area contributed by atoms with Gasteiger partial charge in [0.05, 0.1) is 18.7 Å². The van der Waals surface area contributed by atoms with E-state index in [0.717, 1.165) is 54.0 Å². The number of carbonyl (C=O) groups is 1. The molecular weight excluding hydrogens is 450 g/mol. The number of halogens is 1. The first-order valence-electron chi connectivity index (χ1n) is 10.2. The Hall–Kier alpha value is -2.25. The minimum absolute atomic E-state index is 0.0326. The van der Waals surface area contributed by atoms with Crippen LogP contribution in [-0.4, -0.2) is 51.2 Å². The molecule has 30 heavy (non-hydrogen) atoms. The number of benzene rings is 2. The van der Waals surface area contributed by atoms with Crippen molar-refractivity contribution in [1.82, 2.24) is 4.90 Å². The SMILES string of the molecule is COc1cc(CN2CCC(C(=O)c3ccc4c(c3)OCCO4)CC2)c(OC)cc1Br. The molecule has 2 aliphatic heterocycles. The van der Waals surface area contributed by atoms with Gasteiger partial charge in [-0.15, -0.1) is 0 Å². The lowest BCUT2D eigenvalue weighted by molar-refractivity contribution is 0.0833. The zero-order valence-corrected chi connectivity index (χ0v) is 18.9. The Morgan fingerprint density at radius 3 is 2.43 bits per heavy atom. The number of fused-ring (bicyclic) bond motifs is 1. The van der Waals surface area contributed by atoms with E-state index >= 15 is 0 Å². The highest BCUT2D eigenvalue weighted by Gasteiger charge is 2.27. The van der Waals surface area contributed by atoms with Crippen molar-refractivity contribution in [2.45, 2.75) is 19.4 Å². The van der Waals surface area contributed by atoms with E-state index in [4.69, 9.17) is 18.9 Å². The summed E-state index contributed by atoms with van der Waals surface area (Å²) < 4.78 is 23.0. The van der Waals surface area contributed by atoms with Crippen molar-refractivity contribution in [2.75, 3.05) is 40.5 Å². The molecule has 0 aromatic heterocycles. The Bertz CT molecular complexity index is 924. The number of likely N-dealkylation sites (tertiary alicyclic amines) is 1. The van der Waals surface area contributed by atoms with Crippen LogP contribution < -0.4 is 18.9 Å². The molecule has 0 spiro atoms. The first-order chi connectivity index (χ1) is 14.6. The molecule has 1 saturated heterocycles. The third-order valence-corrected chi connectivity index (χ3v) is 6.35. The third kappa shape index (κ3) is 4.42. The number of methoxy groups -OCH3 is 2. The van der Waals surface area contributed by atoms with Crippen molar-refractivity contribution >= 4 is 21.7 Å². The van der Waals surface area contributed by atoms with Gasteiger partial charge >= 0.3 is 0 Å². The molecule has 160 valence electrons. The molecular formula is C23H26BrNO5. The molecule has 0 aliphatic carbocycles. The van der Waals surface area contributed by atoms with Gasteiger partial charge in [-0.1, -0.05) is 0 Å². The number of nitrogens with zero attached hydrogens (tertiary/aromatic N) is 1. The quantitative estimate of drug-likeness (QED) is 0.579. The Morgan fingerprint density at radius 1 is 1.03 bits per heavy atom. The van der Waals surface area contributed by atoms with Crippen LogP contribution in [0.5, 0.6) is 23.0 Å². The van der Waals surface area contributed by atoms with Gasteiger partial charge in [-0.2, -0.15) is 0 Å². The average Bonchev–Trinajstić information content (AvgIpc) is 2.79. The lowest BCUT2D eigenvalue weighted by Gasteiger charge is -2.32. The van der Waals surface area contributed by atoms with E-state index in [-0.39, 0.29) is 11.7 Å². The Labute approximate surface area is 185 Å². The van der Waals surface area contributed by atoms with E-state index < -0.39 is 0 Å². The number of rotatable bonds is 6. The molecule has 2 aliphatic rings. The Kier molecular flexibility index (Phi) is 6.49. The third-order valence-electron chi connectivity index (χ3n) is 5.73. The van der Waals surface area contributed by atoms with E-state index in [2.05, 4.69) is 20.8 Å². The maximum absolute atomic E-state index is 13.0. The summed E-state index contributed by atoms with van der Waals surface area (Å²) in [6, 6.07) is 9.45. The van der Waals surface area contributed by atoms with Crippen molar-refractivity contribution < 1.29 is 23.7 Å². The van der Waals surface area contributed by atoms with Crippen LogP contribution in [-0.2, 0) is 6.54 Å². The van der Waals surface area contributed by atoms with Gasteiger partial charge in [-0.05, 0) is 72.2 Å². The zero-order chi connectivity index (χ0) is 21.1. The number of ketones is 1. The van der Waals surface area contributed by atoms with Crippen LogP contribution in [0.2, 0.25) is 0 Å². The highest BCUT2D eigenvalue weighted by atomic mass is 79.9. The van der Waals surface area contributed by atoms with Crippen molar-refractivity contribution in [3.05, 3.63) is 45.9 Å². The number of Topliss-reactive ketones (excluding diaryl/α,β-unsaturated/α-hetero) is 1. The zero-order valence-electron chi connectivity index (χ0n) is 17.3. The Morgan fingerprint density at radius 2 is 1.73 bits per heavy atom. The van der Waals surface area contributed by atoms with Crippen LogP contribution in [0.25, 0.3) is 0 Å². The van der Waals surface area contributed by atoms with Gasteiger partial charge < -0.3 is 18.9 Å². The molecule has 0 saturated carbocycles. The molecule has 6 nitrogen and oxygen atoms in total. The van der Waals surface area contributed by atoms with E-state index in [1.165, 1.54) is 0 Å². The smallest absolute Gasteiger partial charge is 0.166 e. The number of hydrogen-bond acceptors (Lipinski definition) is 6. The maximum Gasteiger partial charge on any atom is 0.166 e. The van der Waals surface area contributed by atoms with E-state index in [9.17, 15) is 4.79 Å². The summed E-state index contributed by atoms with van der Waals surface area (Å²) in [4.78, 5) is 15.4. The van der Waals surface area contributed by atoms with Crippen LogP contribution in [0.4, 0.5) is 0 Å². The summed E-state index contributed by atoms with van der Waals surface area (Å²) in [7, 11) is 3.33. The minimum Gasteiger partial charge on any atom is -0.496 e. The fraction of sp³-hybridized carbons (Fsp3) is 0.435. The largest absolute Gasteiger partial charge is 0.496 e. The summed E-state index contributed by atoms with van der Waals surface area (Å²) in [5, 5.41) is 0. The second-order valence-corrected chi connectivity index (χ2v) is 8.43. The van der Waals surface area contributed by atoms with Crippen LogP contribution in [0, 0.1) is 5.92 Å². The lowest BCUT2D eigenvalue weighted by atomic mass is 9.88. The molecule has 2 heterocycles. The normalized spacial score (nSPS) is 16.9. The van der Waals surface area contributed by atoms with Crippen LogP contribution in [0.1, 0.15) is 28.8 Å². The molecule has 0 unspecified atom stereocenters. The van der Waals surface area contributed by atoms with Gasteiger partial charge in [0.15, 0.2) is 17.3 Å². The first-order valence-corrected chi connectivity index (χ1v) is 10.9. The second-order valence-electron chi connectivity index (χ2n) is 7.57. The molecule has 0 bridgehead atoms.